The summed E-state index contributed by atoms with van der Waals surface area (Å²) in [6.07, 6.45) is 0. The molecule has 84 valence electrons. The fourth-order valence-electron chi connectivity index (χ4n) is 1.55. The lowest BCUT2D eigenvalue weighted by Crippen LogP contribution is -2.16. The molecule has 0 spiro atoms. The maximum absolute atomic E-state index is 3.75. The summed E-state index contributed by atoms with van der Waals surface area (Å²) in [6, 6.07) is 10.5. The van der Waals surface area contributed by atoms with Crippen molar-refractivity contribution in [1.82, 2.24) is 0 Å². The van der Waals surface area contributed by atoms with Crippen LogP contribution in [0.1, 0.15) is 12.5 Å². The fraction of sp³-hybridized carbons (Fsp3) is 0.267. The Morgan fingerprint density at radius 1 is 1.19 bits per heavy atom. The molecular formula is C15H20Si. The second-order valence-electron chi connectivity index (χ2n) is 5.09. The molecule has 0 N–H and O–H groups in total. The Morgan fingerprint density at radius 2 is 1.75 bits per heavy atom. The zero-order chi connectivity index (χ0) is 12.2. The average Bonchev–Trinajstić information content (AvgIpc) is 2.25. The van der Waals surface area contributed by atoms with Gasteiger partial charge in [-0.1, -0.05) is 62.3 Å². The summed E-state index contributed by atoms with van der Waals surface area (Å²) >= 11 is 0. The van der Waals surface area contributed by atoms with Gasteiger partial charge < -0.3 is 0 Å². The predicted molar refractivity (Wildman–Crippen MR) is 76.1 cm³/mol. The monoisotopic (exact) mass is 228 g/mol. The standard InChI is InChI=1S/C15H20Si/c1-6-13(2)15(12-16(3,4)5)14-10-8-7-9-11-14/h7-12H,1H2,2-5H3/b15-12-. The van der Waals surface area contributed by atoms with Crippen LogP contribution in [0.15, 0.2) is 53.9 Å². The number of hydrogen-bond donors (Lipinski definition) is 0. The highest BCUT2D eigenvalue weighted by Gasteiger charge is 2.13. The molecule has 0 saturated carbocycles. The lowest BCUT2D eigenvalue weighted by Gasteiger charge is -2.15. The molecule has 1 aromatic rings. The molecule has 1 rings (SSSR count). The summed E-state index contributed by atoms with van der Waals surface area (Å²) in [7, 11) is -1.23. The van der Waals surface area contributed by atoms with Gasteiger partial charge in [-0.05, 0) is 23.6 Å². The first-order chi connectivity index (χ1) is 7.44. The van der Waals surface area contributed by atoms with E-state index in [0.29, 0.717) is 0 Å². The average molecular weight is 228 g/mol. The van der Waals surface area contributed by atoms with Crippen molar-refractivity contribution >= 4 is 13.6 Å². The van der Waals surface area contributed by atoms with E-state index in [1.807, 2.05) is 6.07 Å². The Balaban J connectivity index is 3.29. The van der Waals surface area contributed by atoms with Crippen LogP contribution in [0.2, 0.25) is 19.6 Å². The number of hydrogen-bond acceptors (Lipinski definition) is 0. The minimum absolute atomic E-state index is 1.13. The molecule has 1 heteroatoms. The highest BCUT2D eigenvalue weighted by atomic mass is 28.3. The highest BCUT2D eigenvalue weighted by molar-refractivity contribution is 6.81. The molecule has 0 nitrogen and oxygen atoms in total. The van der Waals surface area contributed by atoms with E-state index in [1.54, 1.807) is 0 Å². The van der Waals surface area contributed by atoms with Gasteiger partial charge >= 0.3 is 0 Å². The molecular weight excluding hydrogens is 208 g/mol. The maximum atomic E-state index is 3.75. The molecule has 0 atom stereocenters. The normalized spacial score (nSPS) is 12.1. The van der Waals surface area contributed by atoms with E-state index in [-0.39, 0.29) is 0 Å². The van der Waals surface area contributed by atoms with Gasteiger partial charge in [-0.15, -0.1) is 5.73 Å². The quantitative estimate of drug-likeness (QED) is 0.400. The van der Waals surface area contributed by atoms with E-state index in [9.17, 15) is 0 Å². The maximum Gasteiger partial charge on any atom is 0.0695 e. The van der Waals surface area contributed by atoms with Crippen LogP contribution < -0.4 is 0 Å². The van der Waals surface area contributed by atoms with E-state index in [2.05, 4.69) is 68.8 Å². The Labute approximate surface area is 100 Å². The van der Waals surface area contributed by atoms with Gasteiger partial charge in [0.25, 0.3) is 0 Å². The largest absolute Gasteiger partial charge is 0.125 e. The summed E-state index contributed by atoms with van der Waals surface area (Å²) < 4.78 is 0. The molecule has 0 aliphatic heterocycles. The van der Waals surface area contributed by atoms with Gasteiger partial charge in [-0.2, -0.15) is 0 Å². The number of benzene rings is 1. The molecule has 1 aromatic carbocycles. The van der Waals surface area contributed by atoms with Crippen molar-refractivity contribution in [3.63, 3.8) is 0 Å². The van der Waals surface area contributed by atoms with Crippen LogP contribution in [-0.2, 0) is 0 Å². The molecule has 16 heavy (non-hydrogen) atoms. The van der Waals surface area contributed by atoms with Crippen LogP contribution >= 0.6 is 0 Å². The van der Waals surface area contributed by atoms with Crippen molar-refractivity contribution in [3.8, 4) is 0 Å². The Hall–Kier alpha value is -1.30. The van der Waals surface area contributed by atoms with Gasteiger partial charge in [0.05, 0.1) is 8.07 Å². The van der Waals surface area contributed by atoms with Gasteiger partial charge in [0.2, 0.25) is 0 Å². The van der Waals surface area contributed by atoms with Gasteiger partial charge in [-0.25, -0.2) is 0 Å². The lowest BCUT2D eigenvalue weighted by atomic mass is 10.0. The minimum atomic E-state index is -1.23. The van der Waals surface area contributed by atoms with E-state index >= 15 is 0 Å². The second-order valence-corrected chi connectivity index (χ2v) is 10.1. The van der Waals surface area contributed by atoms with Crippen LogP contribution in [0.4, 0.5) is 0 Å². The first-order valence-corrected chi connectivity index (χ1v) is 9.17. The zero-order valence-corrected chi connectivity index (χ0v) is 11.7. The first kappa shape index (κ1) is 12.8. The van der Waals surface area contributed by atoms with E-state index in [0.717, 1.165) is 5.57 Å². The molecule has 0 unspecified atom stereocenters. The van der Waals surface area contributed by atoms with Crippen LogP contribution in [0, 0.1) is 0 Å². The van der Waals surface area contributed by atoms with E-state index < -0.39 is 8.07 Å². The summed E-state index contributed by atoms with van der Waals surface area (Å²) in [5, 5.41) is 0. The van der Waals surface area contributed by atoms with Gasteiger partial charge in [0.15, 0.2) is 0 Å². The molecule has 0 saturated heterocycles. The molecule has 0 fully saturated rings. The zero-order valence-electron chi connectivity index (χ0n) is 10.7. The van der Waals surface area contributed by atoms with Crippen molar-refractivity contribution in [2.45, 2.75) is 26.6 Å². The topological polar surface area (TPSA) is 0 Å². The summed E-state index contributed by atoms with van der Waals surface area (Å²) in [5.41, 5.74) is 9.10. The van der Waals surface area contributed by atoms with Crippen molar-refractivity contribution in [1.29, 1.82) is 0 Å². The number of rotatable bonds is 3. The van der Waals surface area contributed by atoms with E-state index in [4.69, 9.17) is 0 Å². The molecule has 0 bridgehead atoms. The van der Waals surface area contributed by atoms with Crippen molar-refractivity contribution < 1.29 is 0 Å². The number of allylic oxidation sites excluding steroid dienone is 2. The lowest BCUT2D eigenvalue weighted by molar-refractivity contribution is 1.51. The smallest absolute Gasteiger partial charge is 0.0695 e. The summed E-state index contributed by atoms with van der Waals surface area (Å²) in [4.78, 5) is 0. The molecule has 0 amide bonds. The molecule has 0 aromatic heterocycles. The van der Waals surface area contributed by atoms with Crippen molar-refractivity contribution in [3.05, 3.63) is 59.5 Å². The Bertz CT molecular complexity index is 426. The third kappa shape index (κ3) is 3.69. The minimum Gasteiger partial charge on any atom is -0.125 e. The van der Waals surface area contributed by atoms with Crippen molar-refractivity contribution in [2.24, 2.45) is 0 Å². The SMILES string of the molecule is C=C=C(C)/C(=C/[Si](C)(C)C)c1ccccc1. The first-order valence-electron chi connectivity index (χ1n) is 5.59. The van der Waals surface area contributed by atoms with Crippen LogP contribution in [0.3, 0.4) is 0 Å². The van der Waals surface area contributed by atoms with Crippen LogP contribution in [0.5, 0.6) is 0 Å². The highest BCUT2D eigenvalue weighted by Crippen LogP contribution is 2.24. The Kier molecular flexibility index (Phi) is 4.11. The molecule has 0 aliphatic rings. The summed E-state index contributed by atoms with van der Waals surface area (Å²) in [5.74, 6) is 0. The molecule has 0 radical (unpaired) electrons. The third-order valence-electron chi connectivity index (χ3n) is 2.33. The van der Waals surface area contributed by atoms with Gasteiger partial charge in [0.1, 0.15) is 0 Å². The summed E-state index contributed by atoms with van der Waals surface area (Å²) in [6.45, 7) is 12.8. The fourth-order valence-corrected chi connectivity index (χ4v) is 2.80. The molecule has 0 heterocycles. The van der Waals surface area contributed by atoms with E-state index in [1.165, 1.54) is 11.1 Å². The van der Waals surface area contributed by atoms with Crippen LogP contribution in [0.25, 0.3) is 5.57 Å². The second kappa shape index (κ2) is 5.15. The van der Waals surface area contributed by atoms with Crippen LogP contribution in [-0.4, -0.2) is 8.07 Å². The third-order valence-corrected chi connectivity index (χ3v) is 3.49. The van der Waals surface area contributed by atoms with Gasteiger partial charge in [-0.3, -0.25) is 0 Å². The van der Waals surface area contributed by atoms with Crippen molar-refractivity contribution in [2.75, 3.05) is 0 Å². The van der Waals surface area contributed by atoms with Gasteiger partial charge in [0, 0.05) is 0 Å². The molecule has 0 aliphatic carbocycles. The Morgan fingerprint density at radius 3 is 2.19 bits per heavy atom. The predicted octanol–water partition coefficient (Wildman–Crippen LogP) is 4.68.